The van der Waals surface area contributed by atoms with E-state index in [-0.39, 0.29) is 11.6 Å². The Labute approximate surface area is 108 Å². The van der Waals surface area contributed by atoms with Gasteiger partial charge < -0.3 is 10.4 Å². The summed E-state index contributed by atoms with van der Waals surface area (Å²) in [4.78, 5) is 0. The molecule has 1 aliphatic rings. The van der Waals surface area contributed by atoms with E-state index in [0.29, 0.717) is 18.2 Å². The lowest BCUT2D eigenvalue weighted by atomic mass is 9.79. The predicted octanol–water partition coefficient (Wildman–Crippen LogP) is 3.45. The van der Waals surface area contributed by atoms with Crippen LogP contribution in [0.25, 0.3) is 0 Å². The van der Waals surface area contributed by atoms with Gasteiger partial charge in [0, 0.05) is 18.2 Å². The van der Waals surface area contributed by atoms with Crippen LogP contribution in [-0.2, 0) is 6.54 Å². The van der Waals surface area contributed by atoms with Gasteiger partial charge in [0.2, 0.25) is 0 Å². The highest BCUT2D eigenvalue weighted by atomic mass is 19.1. The Bertz CT molecular complexity index is 407. The Hall–Kier alpha value is -1.09. The van der Waals surface area contributed by atoms with Gasteiger partial charge in [0.15, 0.2) is 0 Å². The van der Waals surface area contributed by atoms with Crippen molar-refractivity contribution < 1.29 is 9.50 Å². The lowest BCUT2D eigenvalue weighted by Gasteiger charge is -2.32. The van der Waals surface area contributed by atoms with E-state index in [4.69, 9.17) is 0 Å². The first kappa shape index (κ1) is 13.3. The molecule has 0 radical (unpaired) electrons. The summed E-state index contributed by atoms with van der Waals surface area (Å²) in [6, 6.07) is 4.58. The molecule has 3 unspecified atom stereocenters. The second-order valence-electron chi connectivity index (χ2n) is 5.62. The number of hydrogen-bond donors (Lipinski definition) is 2. The SMILES string of the molecule is CC1CCC(NCc2cc(F)ccc2O)CC1C. The summed E-state index contributed by atoms with van der Waals surface area (Å²) in [5.41, 5.74) is 0.640. The maximum absolute atomic E-state index is 13.1. The molecule has 1 aliphatic carbocycles. The van der Waals surface area contributed by atoms with Crippen LogP contribution in [0.1, 0.15) is 38.7 Å². The molecule has 0 bridgehead atoms. The maximum atomic E-state index is 13.1. The molecule has 1 fully saturated rings. The Morgan fingerprint density at radius 3 is 2.78 bits per heavy atom. The minimum Gasteiger partial charge on any atom is -0.508 e. The van der Waals surface area contributed by atoms with E-state index in [0.717, 1.165) is 18.3 Å². The van der Waals surface area contributed by atoms with Crippen molar-refractivity contribution in [1.82, 2.24) is 5.32 Å². The standard InChI is InChI=1S/C15H22FNO/c1-10-3-5-14(7-11(10)2)17-9-12-8-13(16)4-6-15(12)18/h4,6,8,10-11,14,17-18H,3,5,7,9H2,1-2H3. The number of phenols is 1. The van der Waals surface area contributed by atoms with Crippen molar-refractivity contribution in [2.24, 2.45) is 11.8 Å². The van der Waals surface area contributed by atoms with E-state index in [1.807, 2.05) is 0 Å². The minimum absolute atomic E-state index is 0.168. The van der Waals surface area contributed by atoms with Gasteiger partial charge >= 0.3 is 0 Å². The molecular weight excluding hydrogens is 229 g/mol. The van der Waals surface area contributed by atoms with E-state index in [2.05, 4.69) is 19.2 Å². The molecule has 1 saturated carbocycles. The summed E-state index contributed by atoms with van der Waals surface area (Å²) in [5, 5.41) is 13.1. The number of nitrogens with one attached hydrogen (secondary N) is 1. The summed E-state index contributed by atoms with van der Waals surface area (Å²) >= 11 is 0. The predicted molar refractivity (Wildman–Crippen MR) is 70.9 cm³/mol. The zero-order valence-corrected chi connectivity index (χ0v) is 11.1. The largest absolute Gasteiger partial charge is 0.508 e. The van der Waals surface area contributed by atoms with E-state index < -0.39 is 0 Å². The zero-order valence-electron chi connectivity index (χ0n) is 11.1. The summed E-state index contributed by atoms with van der Waals surface area (Å²) in [5.74, 6) is 1.40. The number of hydrogen-bond acceptors (Lipinski definition) is 2. The zero-order chi connectivity index (χ0) is 13.1. The monoisotopic (exact) mass is 251 g/mol. The van der Waals surface area contributed by atoms with E-state index >= 15 is 0 Å². The first-order valence-corrected chi connectivity index (χ1v) is 6.77. The van der Waals surface area contributed by atoms with Crippen LogP contribution in [0.2, 0.25) is 0 Å². The number of benzene rings is 1. The first-order chi connectivity index (χ1) is 8.56. The van der Waals surface area contributed by atoms with Crippen LogP contribution < -0.4 is 5.32 Å². The second-order valence-corrected chi connectivity index (χ2v) is 5.62. The molecule has 2 rings (SSSR count). The van der Waals surface area contributed by atoms with E-state index in [1.165, 1.54) is 31.0 Å². The van der Waals surface area contributed by atoms with Crippen LogP contribution in [-0.4, -0.2) is 11.1 Å². The number of aromatic hydroxyl groups is 1. The molecule has 3 heteroatoms. The maximum Gasteiger partial charge on any atom is 0.123 e. The van der Waals surface area contributed by atoms with Crippen LogP contribution in [0.3, 0.4) is 0 Å². The smallest absolute Gasteiger partial charge is 0.123 e. The highest BCUT2D eigenvalue weighted by molar-refractivity contribution is 5.32. The third-order valence-corrected chi connectivity index (χ3v) is 4.22. The van der Waals surface area contributed by atoms with Gasteiger partial charge in [-0.05, 0) is 49.3 Å². The van der Waals surface area contributed by atoms with E-state index in [9.17, 15) is 9.50 Å². The van der Waals surface area contributed by atoms with Crippen LogP contribution >= 0.6 is 0 Å². The second kappa shape index (κ2) is 5.70. The van der Waals surface area contributed by atoms with Crippen molar-refractivity contribution in [2.45, 2.75) is 45.7 Å². The fourth-order valence-corrected chi connectivity index (χ4v) is 2.68. The summed E-state index contributed by atoms with van der Waals surface area (Å²) in [6.45, 7) is 5.13. The van der Waals surface area contributed by atoms with Crippen molar-refractivity contribution in [2.75, 3.05) is 0 Å². The molecule has 2 N–H and O–H groups in total. The molecule has 0 aromatic heterocycles. The highest BCUT2D eigenvalue weighted by Gasteiger charge is 2.24. The Morgan fingerprint density at radius 2 is 2.06 bits per heavy atom. The van der Waals surface area contributed by atoms with Gasteiger partial charge in [-0.3, -0.25) is 0 Å². The van der Waals surface area contributed by atoms with Gasteiger partial charge in [0.05, 0.1) is 0 Å². The van der Waals surface area contributed by atoms with Gasteiger partial charge in [0.25, 0.3) is 0 Å². The van der Waals surface area contributed by atoms with Crippen molar-refractivity contribution in [3.63, 3.8) is 0 Å². The highest BCUT2D eigenvalue weighted by Crippen LogP contribution is 2.29. The summed E-state index contributed by atoms with van der Waals surface area (Å²) < 4.78 is 13.1. The Morgan fingerprint density at radius 1 is 1.28 bits per heavy atom. The lowest BCUT2D eigenvalue weighted by Crippen LogP contribution is -2.35. The molecule has 0 heterocycles. The molecule has 100 valence electrons. The fraction of sp³-hybridized carbons (Fsp3) is 0.600. The average Bonchev–Trinajstić information content (AvgIpc) is 2.34. The molecule has 1 aromatic carbocycles. The van der Waals surface area contributed by atoms with Crippen LogP contribution in [0.4, 0.5) is 4.39 Å². The number of rotatable bonds is 3. The molecule has 3 atom stereocenters. The van der Waals surface area contributed by atoms with Gasteiger partial charge in [0.1, 0.15) is 11.6 Å². The molecule has 1 aromatic rings. The van der Waals surface area contributed by atoms with Gasteiger partial charge in [-0.15, -0.1) is 0 Å². The molecule has 0 spiro atoms. The molecule has 0 aliphatic heterocycles. The van der Waals surface area contributed by atoms with Crippen molar-refractivity contribution in [3.8, 4) is 5.75 Å². The summed E-state index contributed by atoms with van der Waals surface area (Å²) in [6.07, 6.45) is 3.58. The average molecular weight is 251 g/mol. The van der Waals surface area contributed by atoms with Crippen molar-refractivity contribution >= 4 is 0 Å². The van der Waals surface area contributed by atoms with E-state index in [1.54, 1.807) is 0 Å². The summed E-state index contributed by atoms with van der Waals surface area (Å²) in [7, 11) is 0. The van der Waals surface area contributed by atoms with Gasteiger partial charge in [-0.25, -0.2) is 4.39 Å². The van der Waals surface area contributed by atoms with Crippen molar-refractivity contribution in [3.05, 3.63) is 29.6 Å². The Balaban J connectivity index is 1.90. The third kappa shape index (κ3) is 3.22. The molecule has 2 nitrogen and oxygen atoms in total. The molecule has 0 saturated heterocycles. The number of halogens is 1. The van der Waals surface area contributed by atoms with Gasteiger partial charge in [-0.1, -0.05) is 13.8 Å². The number of phenolic OH excluding ortho intramolecular Hbond substituents is 1. The fourth-order valence-electron chi connectivity index (χ4n) is 2.68. The van der Waals surface area contributed by atoms with Crippen LogP contribution in [0, 0.1) is 17.7 Å². The minimum atomic E-state index is -0.296. The normalized spacial score (nSPS) is 28.3. The molecule has 18 heavy (non-hydrogen) atoms. The van der Waals surface area contributed by atoms with Crippen molar-refractivity contribution in [1.29, 1.82) is 0 Å². The lowest BCUT2D eigenvalue weighted by molar-refractivity contribution is 0.225. The van der Waals surface area contributed by atoms with Crippen LogP contribution in [0.15, 0.2) is 18.2 Å². The quantitative estimate of drug-likeness (QED) is 0.862. The van der Waals surface area contributed by atoms with Crippen LogP contribution in [0.5, 0.6) is 5.75 Å². The topological polar surface area (TPSA) is 32.3 Å². The molecular formula is C15H22FNO. The third-order valence-electron chi connectivity index (χ3n) is 4.22. The van der Waals surface area contributed by atoms with Gasteiger partial charge in [-0.2, -0.15) is 0 Å². The Kier molecular flexibility index (Phi) is 4.23. The molecule has 0 amide bonds. The first-order valence-electron chi connectivity index (χ1n) is 6.77.